The number of aromatic carboxylic acids is 1. The smallest absolute Gasteiger partial charge is 0.339 e. The maximum absolute atomic E-state index is 13.0. The number of carboxylic acid groups (broad SMARTS) is 1. The minimum Gasteiger partial charge on any atom is -0.478 e. The molecule has 1 heterocycles. The first-order valence-corrected chi connectivity index (χ1v) is 6.13. The molecule has 18 heavy (non-hydrogen) atoms. The summed E-state index contributed by atoms with van der Waals surface area (Å²) in [7, 11) is 0. The maximum atomic E-state index is 13.0. The van der Waals surface area contributed by atoms with Crippen LogP contribution in [0, 0.1) is 5.82 Å². The highest BCUT2D eigenvalue weighted by atomic mass is 32.1. The van der Waals surface area contributed by atoms with Crippen molar-refractivity contribution in [2.24, 2.45) is 0 Å². The molecule has 0 saturated carbocycles. The van der Waals surface area contributed by atoms with Gasteiger partial charge in [0.2, 0.25) is 0 Å². The molecule has 0 aliphatic carbocycles. The molecule has 0 saturated heterocycles. The van der Waals surface area contributed by atoms with E-state index in [0.717, 1.165) is 24.2 Å². The fourth-order valence-corrected chi connectivity index (χ4v) is 2.11. The van der Waals surface area contributed by atoms with Gasteiger partial charge in [-0.1, -0.05) is 18.3 Å². The fourth-order valence-electron chi connectivity index (χ4n) is 1.35. The zero-order valence-electron chi connectivity index (χ0n) is 9.51. The number of aromatic nitrogens is 1. The van der Waals surface area contributed by atoms with Gasteiger partial charge in [0.15, 0.2) is 0 Å². The number of halogens is 1. The van der Waals surface area contributed by atoms with Gasteiger partial charge in [0.05, 0.1) is 5.69 Å². The van der Waals surface area contributed by atoms with Crippen molar-refractivity contribution >= 4 is 17.3 Å². The molecule has 0 aliphatic heterocycles. The van der Waals surface area contributed by atoms with Crippen LogP contribution in [0.1, 0.15) is 23.0 Å². The van der Waals surface area contributed by atoms with E-state index in [-0.39, 0.29) is 11.3 Å². The minimum absolute atomic E-state index is 0.0842. The van der Waals surface area contributed by atoms with Gasteiger partial charge in [-0.3, -0.25) is 0 Å². The monoisotopic (exact) mass is 267 g/mol. The third-order valence-electron chi connectivity index (χ3n) is 2.26. The predicted molar refractivity (Wildman–Crippen MR) is 64.9 cm³/mol. The number of nitrogens with zero attached hydrogens (tertiary/aromatic N) is 1. The molecule has 0 unspecified atom stereocenters. The largest absolute Gasteiger partial charge is 0.478 e. The van der Waals surface area contributed by atoms with E-state index in [1.54, 1.807) is 0 Å². The summed E-state index contributed by atoms with van der Waals surface area (Å²) in [6.07, 6.45) is 0.773. The Bertz CT molecular complexity index is 582. The Morgan fingerprint density at radius 3 is 2.94 bits per heavy atom. The number of hydrogen-bond acceptors (Lipinski definition) is 4. The average molecular weight is 267 g/mol. The van der Waals surface area contributed by atoms with Gasteiger partial charge < -0.3 is 9.84 Å². The van der Waals surface area contributed by atoms with Crippen molar-refractivity contribution in [2.75, 3.05) is 0 Å². The van der Waals surface area contributed by atoms with Crippen LogP contribution in [0.2, 0.25) is 0 Å². The van der Waals surface area contributed by atoms with E-state index in [4.69, 9.17) is 9.84 Å². The van der Waals surface area contributed by atoms with Crippen molar-refractivity contribution in [3.63, 3.8) is 0 Å². The molecule has 1 aromatic heterocycles. The van der Waals surface area contributed by atoms with Crippen LogP contribution in [0.4, 0.5) is 4.39 Å². The second kappa shape index (κ2) is 5.14. The predicted octanol–water partition coefficient (Wildman–Crippen LogP) is 3.34. The summed E-state index contributed by atoms with van der Waals surface area (Å²) in [5.74, 6) is -1.77. The molecular weight excluding hydrogens is 257 g/mol. The second-order valence-corrected chi connectivity index (χ2v) is 4.33. The lowest BCUT2D eigenvalue weighted by atomic mass is 10.2. The topological polar surface area (TPSA) is 59.4 Å². The van der Waals surface area contributed by atoms with E-state index in [1.165, 1.54) is 17.4 Å². The van der Waals surface area contributed by atoms with E-state index in [1.807, 2.05) is 12.3 Å². The molecule has 2 rings (SSSR count). The highest BCUT2D eigenvalue weighted by Crippen LogP contribution is 2.28. The van der Waals surface area contributed by atoms with E-state index < -0.39 is 11.8 Å². The van der Waals surface area contributed by atoms with Crippen molar-refractivity contribution in [1.29, 1.82) is 0 Å². The summed E-state index contributed by atoms with van der Waals surface area (Å²) in [5.41, 5.74) is 0.650. The van der Waals surface area contributed by atoms with Crippen molar-refractivity contribution in [3.8, 4) is 10.9 Å². The number of ether oxygens (including phenoxy) is 1. The van der Waals surface area contributed by atoms with Gasteiger partial charge in [-0.05, 0) is 24.6 Å². The van der Waals surface area contributed by atoms with Crippen LogP contribution in [0.5, 0.6) is 10.9 Å². The number of rotatable bonds is 4. The van der Waals surface area contributed by atoms with Crippen molar-refractivity contribution < 1.29 is 19.0 Å². The first-order valence-electron chi connectivity index (χ1n) is 5.25. The standard InChI is InChI=1S/C12H10FNO3S/c1-2-8-6-18-12(14-8)17-10-4-3-7(13)5-9(10)11(15)16/h3-6H,2H2,1H3,(H,15,16). The van der Waals surface area contributed by atoms with Gasteiger partial charge in [0.1, 0.15) is 17.1 Å². The van der Waals surface area contributed by atoms with E-state index >= 15 is 0 Å². The van der Waals surface area contributed by atoms with Gasteiger partial charge in [-0.25, -0.2) is 14.2 Å². The molecule has 1 N–H and O–H groups in total. The van der Waals surface area contributed by atoms with Gasteiger partial charge >= 0.3 is 5.97 Å². The Morgan fingerprint density at radius 2 is 2.33 bits per heavy atom. The van der Waals surface area contributed by atoms with Crippen LogP contribution in [0.15, 0.2) is 23.6 Å². The van der Waals surface area contributed by atoms with Crippen molar-refractivity contribution in [3.05, 3.63) is 40.7 Å². The zero-order chi connectivity index (χ0) is 13.1. The molecule has 0 radical (unpaired) electrons. The lowest BCUT2D eigenvalue weighted by Crippen LogP contribution is -2.00. The van der Waals surface area contributed by atoms with Crippen LogP contribution < -0.4 is 4.74 Å². The summed E-state index contributed by atoms with van der Waals surface area (Å²) < 4.78 is 18.3. The van der Waals surface area contributed by atoms with Crippen LogP contribution in [-0.4, -0.2) is 16.1 Å². The van der Waals surface area contributed by atoms with E-state index in [9.17, 15) is 9.18 Å². The van der Waals surface area contributed by atoms with Crippen LogP contribution in [-0.2, 0) is 6.42 Å². The number of hydrogen-bond donors (Lipinski definition) is 1. The summed E-state index contributed by atoms with van der Waals surface area (Å²) >= 11 is 1.27. The van der Waals surface area contributed by atoms with Crippen LogP contribution in [0.25, 0.3) is 0 Å². The van der Waals surface area contributed by atoms with Gasteiger partial charge in [-0.15, -0.1) is 0 Å². The van der Waals surface area contributed by atoms with Gasteiger partial charge in [0.25, 0.3) is 5.19 Å². The Morgan fingerprint density at radius 1 is 1.56 bits per heavy atom. The van der Waals surface area contributed by atoms with Gasteiger partial charge in [-0.2, -0.15) is 0 Å². The third-order valence-corrected chi connectivity index (χ3v) is 3.03. The maximum Gasteiger partial charge on any atom is 0.339 e. The Hall–Kier alpha value is -1.95. The minimum atomic E-state index is -1.24. The number of aryl methyl sites for hydroxylation is 1. The number of benzene rings is 1. The molecule has 0 aliphatic rings. The third kappa shape index (κ3) is 2.65. The zero-order valence-corrected chi connectivity index (χ0v) is 10.3. The first-order chi connectivity index (χ1) is 8.60. The van der Waals surface area contributed by atoms with Crippen LogP contribution >= 0.6 is 11.3 Å². The summed E-state index contributed by atoms with van der Waals surface area (Å²) in [4.78, 5) is 15.1. The van der Waals surface area contributed by atoms with Crippen LogP contribution in [0.3, 0.4) is 0 Å². The van der Waals surface area contributed by atoms with E-state index in [2.05, 4.69) is 4.98 Å². The molecule has 94 valence electrons. The Kier molecular flexibility index (Phi) is 3.57. The summed E-state index contributed by atoms with van der Waals surface area (Å²) in [6.45, 7) is 1.96. The lowest BCUT2D eigenvalue weighted by Gasteiger charge is -2.05. The Balaban J connectivity index is 2.30. The Labute approximate surface area is 107 Å². The van der Waals surface area contributed by atoms with Crippen molar-refractivity contribution in [1.82, 2.24) is 4.98 Å². The molecule has 4 nitrogen and oxygen atoms in total. The number of carboxylic acids is 1. The summed E-state index contributed by atoms with van der Waals surface area (Å²) in [6, 6.07) is 3.36. The molecule has 0 fully saturated rings. The van der Waals surface area contributed by atoms with E-state index in [0.29, 0.717) is 5.19 Å². The molecule has 6 heteroatoms. The second-order valence-electron chi connectivity index (χ2n) is 3.51. The fraction of sp³-hybridized carbons (Fsp3) is 0.167. The molecule has 0 spiro atoms. The molecule has 0 amide bonds. The molecule has 2 aromatic rings. The number of carbonyl (C=O) groups is 1. The quantitative estimate of drug-likeness (QED) is 0.923. The van der Waals surface area contributed by atoms with Gasteiger partial charge in [0, 0.05) is 5.38 Å². The highest BCUT2D eigenvalue weighted by Gasteiger charge is 2.14. The summed E-state index contributed by atoms with van der Waals surface area (Å²) in [5, 5.41) is 11.1. The molecule has 1 aromatic carbocycles. The molecular formula is C12H10FNO3S. The number of thiazole rings is 1. The molecule has 0 bridgehead atoms. The lowest BCUT2D eigenvalue weighted by molar-refractivity contribution is 0.0693. The highest BCUT2D eigenvalue weighted by molar-refractivity contribution is 7.11. The molecule has 0 atom stereocenters. The average Bonchev–Trinajstić information content (AvgIpc) is 2.79. The SMILES string of the molecule is CCc1csc(Oc2ccc(F)cc2C(=O)O)n1. The normalized spacial score (nSPS) is 10.3. The first kappa shape index (κ1) is 12.5. The van der Waals surface area contributed by atoms with Crippen molar-refractivity contribution in [2.45, 2.75) is 13.3 Å².